The lowest BCUT2D eigenvalue weighted by atomic mass is 10.2. The fourth-order valence-corrected chi connectivity index (χ4v) is 3.28. The highest BCUT2D eigenvalue weighted by molar-refractivity contribution is 9.11. The van der Waals surface area contributed by atoms with Crippen molar-refractivity contribution >= 4 is 32.2 Å². The number of rotatable bonds is 0. The largest absolute Gasteiger partial charge is 0.222 e. The van der Waals surface area contributed by atoms with Gasteiger partial charge in [-0.25, -0.2) is 9.50 Å². The van der Waals surface area contributed by atoms with E-state index in [9.17, 15) is 0 Å². The maximum Gasteiger partial charge on any atom is 0.213 e. The van der Waals surface area contributed by atoms with Crippen molar-refractivity contribution in [3.63, 3.8) is 0 Å². The molecule has 0 radical (unpaired) electrons. The summed E-state index contributed by atoms with van der Waals surface area (Å²) >= 11 is 5.01. The zero-order chi connectivity index (χ0) is 9.54. The van der Waals surface area contributed by atoms with Crippen molar-refractivity contribution < 1.29 is 0 Å². The molecule has 14 heavy (non-hydrogen) atoms. The van der Waals surface area contributed by atoms with Gasteiger partial charge in [0.15, 0.2) is 3.92 Å². The van der Waals surface area contributed by atoms with Crippen molar-refractivity contribution in [3.05, 3.63) is 15.3 Å². The summed E-state index contributed by atoms with van der Waals surface area (Å²) in [5, 5.41) is 4.42. The molecule has 0 N–H and O–H groups in total. The van der Waals surface area contributed by atoms with Crippen LogP contribution < -0.4 is 0 Å². The second kappa shape index (κ2) is 3.31. The van der Waals surface area contributed by atoms with E-state index in [1.54, 1.807) is 11.3 Å². The predicted molar refractivity (Wildman–Crippen MR) is 59.8 cm³/mol. The molecule has 0 saturated carbocycles. The van der Waals surface area contributed by atoms with E-state index in [1.807, 2.05) is 4.52 Å². The van der Waals surface area contributed by atoms with Crippen LogP contribution in [0.4, 0.5) is 0 Å². The molecular weight excluding hydrogens is 262 g/mol. The van der Waals surface area contributed by atoms with Gasteiger partial charge in [0.1, 0.15) is 0 Å². The summed E-state index contributed by atoms with van der Waals surface area (Å²) in [5.74, 6) is 0. The summed E-state index contributed by atoms with van der Waals surface area (Å²) in [6, 6.07) is 0. The third-order valence-corrected chi connectivity index (χ3v) is 4.02. The third-order valence-electron chi connectivity index (χ3n) is 2.68. The maximum atomic E-state index is 4.62. The van der Waals surface area contributed by atoms with Crippen LogP contribution in [0.5, 0.6) is 0 Å². The van der Waals surface area contributed by atoms with E-state index >= 15 is 0 Å². The van der Waals surface area contributed by atoms with Gasteiger partial charge in [0.2, 0.25) is 4.96 Å². The molecule has 3 nitrogen and oxygen atoms in total. The van der Waals surface area contributed by atoms with Crippen molar-refractivity contribution in [2.24, 2.45) is 0 Å². The minimum Gasteiger partial charge on any atom is -0.222 e. The molecule has 0 amide bonds. The van der Waals surface area contributed by atoms with Crippen LogP contribution in [0, 0.1) is 0 Å². The van der Waals surface area contributed by atoms with E-state index in [4.69, 9.17) is 0 Å². The fourth-order valence-electron chi connectivity index (χ4n) is 2.02. The molecule has 0 atom stereocenters. The van der Waals surface area contributed by atoms with Crippen LogP contribution in [0.25, 0.3) is 4.96 Å². The van der Waals surface area contributed by atoms with E-state index < -0.39 is 0 Å². The molecule has 74 valence electrons. The number of nitrogens with zero attached hydrogens (tertiary/aromatic N) is 3. The lowest BCUT2D eigenvalue weighted by Crippen LogP contribution is -1.95. The molecular formula is C9H10BrN3S. The van der Waals surface area contributed by atoms with Crippen LogP contribution in [-0.4, -0.2) is 14.6 Å². The Morgan fingerprint density at radius 2 is 2.07 bits per heavy atom. The molecule has 0 aliphatic heterocycles. The molecule has 0 aromatic carbocycles. The first-order chi connectivity index (χ1) is 6.84. The Labute approximate surface area is 94.3 Å². The zero-order valence-electron chi connectivity index (χ0n) is 7.66. The van der Waals surface area contributed by atoms with Crippen LogP contribution in [0.2, 0.25) is 0 Å². The average Bonchev–Trinajstić information content (AvgIpc) is 2.55. The van der Waals surface area contributed by atoms with Crippen LogP contribution in [0.15, 0.2) is 3.92 Å². The molecule has 0 fully saturated rings. The minimum absolute atomic E-state index is 0.923. The standard InChI is InChI=1S/C9H10BrN3S/c10-8-12-13-7-5-3-1-2-4-6(7)11-9(13)14-8/h1-5H2. The first-order valence-corrected chi connectivity index (χ1v) is 6.48. The topological polar surface area (TPSA) is 30.2 Å². The molecule has 2 heterocycles. The van der Waals surface area contributed by atoms with Gasteiger partial charge in [-0.1, -0.05) is 17.8 Å². The third kappa shape index (κ3) is 1.30. The number of halogens is 1. The quantitative estimate of drug-likeness (QED) is 0.690. The number of aryl methyl sites for hydroxylation is 2. The highest BCUT2D eigenvalue weighted by Crippen LogP contribution is 2.26. The molecule has 0 bridgehead atoms. The van der Waals surface area contributed by atoms with Gasteiger partial charge in [-0.2, -0.15) is 0 Å². The van der Waals surface area contributed by atoms with Gasteiger partial charge in [0.05, 0.1) is 11.4 Å². The SMILES string of the molecule is Brc1nn2c3c(nc2s1)CCCCC3. The van der Waals surface area contributed by atoms with Crippen LogP contribution in [-0.2, 0) is 12.8 Å². The predicted octanol–water partition coefficient (Wildman–Crippen LogP) is 2.82. The Balaban J connectivity index is 2.22. The first-order valence-electron chi connectivity index (χ1n) is 4.87. The minimum atomic E-state index is 0.923. The summed E-state index contributed by atoms with van der Waals surface area (Å²) in [5.41, 5.74) is 2.60. The number of aromatic nitrogens is 3. The summed E-state index contributed by atoms with van der Waals surface area (Å²) in [6.07, 6.45) is 6.13. The molecule has 2 aromatic heterocycles. The van der Waals surface area contributed by atoms with E-state index in [-0.39, 0.29) is 0 Å². The molecule has 0 spiro atoms. The Morgan fingerprint density at radius 3 is 3.00 bits per heavy atom. The van der Waals surface area contributed by atoms with Crippen LogP contribution in [0.3, 0.4) is 0 Å². The Kier molecular flexibility index (Phi) is 2.09. The number of imidazole rings is 1. The molecule has 5 heteroatoms. The Morgan fingerprint density at radius 1 is 1.21 bits per heavy atom. The number of hydrogen-bond acceptors (Lipinski definition) is 3. The molecule has 1 aliphatic carbocycles. The van der Waals surface area contributed by atoms with Gasteiger partial charge >= 0.3 is 0 Å². The lowest BCUT2D eigenvalue weighted by Gasteiger charge is -1.95. The van der Waals surface area contributed by atoms with Crippen LogP contribution in [0.1, 0.15) is 30.7 Å². The van der Waals surface area contributed by atoms with Gasteiger partial charge in [0, 0.05) is 0 Å². The van der Waals surface area contributed by atoms with Gasteiger partial charge in [-0.3, -0.25) is 0 Å². The van der Waals surface area contributed by atoms with E-state index in [2.05, 4.69) is 26.0 Å². The fraction of sp³-hybridized carbons (Fsp3) is 0.556. The number of fused-ring (bicyclic) bond motifs is 3. The zero-order valence-corrected chi connectivity index (χ0v) is 10.1. The van der Waals surface area contributed by atoms with Gasteiger partial charge in [-0.15, -0.1) is 5.10 Å². The maximum absolute atomic E-state index is 4.62. The Hall–Kier alpha value is -0.420. The van der Waals surface area contributed by atoms with E-state index in [1.165, 1.54) is 30.7 Å². The summed E-state index contributed by atoms with van der Waals surface area (Å²) in [6.45, 7) is 0. The van der Waals surface area contributed by atoms with Crippen molar-refractivity contribution in [2.45, 2.75) is 32.1 Å². The second-order valence-electron chi connectivity index (χ2n) is 3.62. The first kappa shape index (κ1) is 8.85. The highest BCUT2D eigenvalue weighted by atomic mass is 79.9. The highest BCUT2D eigenvalue weighted by Gasteiger charge is 2.17. The number of hydrogen-bond donors (Lipinski definition) is 0. The normalized spacial score (nSPS) is 16.9. The molecule has 0 saturated heterocycles. The summed E-state index contributed by atoms with van der Waals surface area (Å²) in [4.78, 5) is 5.65. The molecule has 0 unspecified atom stereocenters. The van der Waals surface area contributed by atoms with Crippen molar-refractivity contribution in [1.29, 1.82) is 0 Å². The van der Waals surface area contributed by atoms with Gasteiger partial charge in [0.25, 0.3) is 0 Å². The smallest absolute Gasteiger partial charge is 0.213 e. The van der Waals surface area contributed by atoms with Crippen molar-refractivity contribution in [3.8, 4) is 0 Å². The molecule has 1 aliphatic rings. The lowest BCUT2D eigenvalue weighted by molar-refractivity contribution is 0.697. The second-order valence-corrected chi connectivity index (χ2v) is 5.85. The van der Waals surface area contributed by atoms with Gasteiger partial charge in [-0.05, 0) is 41.6 Å². The van der Waals surface area contributed by atoms with E-state index in [0.29, 0.717) is 0 Å². The van der Waals surface area contributed by atoms with Crippen LogP contribution >= 0.6 is 27.3 Å². The summed E-state index contributed by atoms with van der Waals surface area (Å²) < 4.78 is 2.93. The molecule has 2 aromatic rings. The van der Waals surface area contributed by atoms with E-state index in [0.717, 1.165) is 21.7 Å². The average molecular weight is 272 g/mol. The molecule has 3 rings (SSSR count). The van der Waals surface area contributed by atoms with Crippen molar-refractivity contribution in [2.75, 3.05) is 0 Å². The monoisotopic (exact) mass is 271 g/mol. The van der Waals surface area contributed by atoms with Crippen molar-refractivity contribution in [1.82, 2.24) is 14.6 Å². The van der Waals surface area contributed by atoms with Gasteiger partial charge < -0.3 is 0 Å². The summed E-state index contributed by atoms with van der Waals surface area (Å²) in [7, 11) is 0. The Bertz CT molecular complexity index is 474.